The van der Waals surface area contributed by atoms with Gasteiger partial charge in [-0.15, -0.1) is 0 Å². The standard InChI is InChI=1S/C24H29F2N3O2/c1-16(2)11-24(30)29(14-18-5-8-19(25)12-22(18)26)15-21-13-23(27-31-21)17-6-9-20(10-7-17)28(3)4/h5-10,12,16,21H,11,13-15H2,1-4H3/t21-/m1/s1. The van der Waals surface area contributed by atoms with Crippen LogP contribution in [0.2, 0.25) is 0 Å². The molecule has 1 atom stereocenters. The molecule has 5 nitrogen and oxygen atoms in total. The third kappa shape index (κ3) is 6.03. The summed E-state index contributed by atoms with van der Waals surface area (Å²) in [4.78, 5) is 22.0. The molecule has 0 spiro atoms. The number of amides is 1. The van der Waals surface area contributed by atoms with Crippen LogP contribution in [0.1, 0.15) is 37.8 Å². The summed E-state index contributed by atoms with van der Waals surface area (Å²) in [6.45, 7) is 4.26. The number of hydrogen-bond acceptors (Lipinski definition) is 4. The van der Waals surface area contributed by atoms with Crippen molar-refractivity contribution in [2.75, 3.05) is 25.5 Å². The molecule has 2 aromatic carbocycles. The van der Waals surface area contributed by atoms with E-state index in [2.05, 4.69) is 5.16 Å². The van der Waals surface area contributed by atoms with Crippen molar-refractivity contribution in [1.82, 2.24) is 4.90 Å². The molecule has 166 valence electrons. The van der Waals surface area contributed by atoms with E-state index < -0.39 is 11.6 Å². The molecule has 0 fully saturated rings. The first-order valence-corrected chi connectivity index (χ1v) is 10.4. The third-order valence-corrected chi connectivity index (χ3v) is 5.19. The Labute approximate surface area is 182 Å². The topological polar surface area (TPSA) is 45.1 Å². The van der Waals surface area contributed by atoms with Crippen molar-refractivity contribution < 1.29 is 18.4 Å². The molecule has 1 aliphatic heterocycles. The van der Waals surface area contributed by atoms with E-state index in [1.165, 1.54) is 12.1 Å². The number of hydrogen-bond donors (Lipinski definition) is 0. The summed E-state index contributed by atoms with van der Waals surface area (Å²) in [6.07, 6.45) is 0.580. The van der Waals surface area contributed by atoms with Crippen LogP contribution in [0.25, 0.3) is 0 Å². The van der Waals surface area contributed by atoms with E-state index in [0.717, 1.165) is 23.0 Å². The predicted molar refractivity (Wildman–Crippen MR) is 118 cm³/mol. The van der Waals surface area contributed by atoms with Gasteiger partial charge in [-0.2, -0.15) is 0 Å². The second kappa shape index (κ2) is 9.90. The Morgan fingerprint density at radius 2 is 1.87 bits per heavy atom. The highest BCUT2D eigenvalue weighted by atomic mass is 19.1. The molecule has 31 heavy (non-hydrogen) atoms. The molecule has 0 unspecified atom stereocenters. The van der Waals surface area contributed by atoms with Crippen molar-refractivity contribution in [3.63, 3.8) is 0 Å². The number of carbonyl (C=O) groups excluding carboxylic acids is 1. The van der Waals surface area contributed by atoms with Gasteiger partial charge in [-0.1, -0.05) is 37.2 Å². The first kappa shape index (κ1) is 22.7. The van der Waals surface area contributed by atoms with Gasteiger partial charge in [0.25, 0.3) is 0 Å². The van der Waals surface area contributed by atoms with Crippen molar-refractivity contribution in [2.45, 2.75) is 39.3 Å². The Balaban J connectivity index is 1.69. The minimum Gasteiger partial charge on any atom is -0.390 e. The van der Waals surface area contributed by atoms with E-state index in [1.807, 2.05) is 57.1 Å². The van der Waals surface area contributed by atoms with Gasteiger partial charge >= 0.3 is 0 Å². The maximum Gasteiger partial charge on any atom is 0.223 e. The van der Waals surface area contributed by atoms with Crippen LogP contribution in [-0.4, -0.2) is 43.3 Å². The fourth-order valence-electron chi connectivity index (χ4n) is 3.48. The summed E-state index contributed by atoms with van der Waals surface area (Å²) in [5.41, 5.74) is 3.15. The van der Waals surface area contributed by atoms with Crippen LogP contribution in [-0.2, 0) is 16.2 Å². The number of anilines is 1. The van der Waals surface area contributed by atoms with E-state index in [1.54, 1.807) is 4.90 Å². The largest absolute Gasteiger partial charge is 0.390 e. The molecule has 0 saturated heterocycles. The zero-order valence-corrected chi connectivity index (χ0v) is 18.4. The van der Waals surface area contributed by atoms with E-state index in [0.29, 0.717) is 12.8 Å². The van der Waals surface area contributed by atoms with Crippen LogP contribution in [0.5, 0.6) is 0 Å². The minimum absolute atomic E-state index is 0.0599. The lowest BCUT2D eigenvalue weighted by atomic mass is 10.0. The molecule has 0 aliphatic carbocycles. The number of carbonyl (C=O) groups is 1. The van der Waals surface area contributed by atoms with Crippen LogP contribution in [0, 0.1) is 17.6 Å². The van der Waals surface area contributed by atoms with Gasteiger partial charge in [-0.05, 0) is 29.7 Å². The van der Waals surface area contributed by atoms with Gasteiger partial charge in [0.05, 0.1) is 12.3 Å². The van der Waals surface area contributed by atoms with Gasteiger partial charge in [0.15, 0.2) is 6.10 Å². The molecular formula is C24H29F2N3O2. The average Bonchev–Trinajstić information content (AvgIpc) is 3.17. The smallest absolute Gasteiger partial charge is 0.223 e. The van der Waals surface area contributed by atoms with Crippen LogP contribution < -0.4 is 4.90 Å². The van der Waals surface area contributed by atoms with Crippen molar-refractivity contribution in [3.05, 3.63) is 65.2 Å². The number of benzene rings is 2. The van der Waals surface area contributed by atoms with Crippen LogP contribution in [0.3, 0.4) is 0 Å². The highest BCUT2D eigenvalue weighted by Crippen LogP contribution is 2.22. The predicted octanol–water partition coefficient (Wildman–Crippen LogP) is 4.60. The fourth-order valence-corrected chi connectivity index (χ4v) is 3.48. The zero-order valence-electron chi connectivity index (χ0n) is 18.4. The van der Waals surface area contributed by atoms with Crippen molar-refractivity contribution in [3.8, 4) is 0 Å². The highest BCUT2D eigenvalue weighted by molar-refractivity contribution is 6.01. The first-order valence-electron chi connectivity index (χ1n) is 10.4. The Morgan fingerprint density at radius 1 is 1.16 bits per heavy atom. The Kier molecular flexibility index (Phi) is 7.25. The SMILES string of the molecule is CC(C)CC(=O)N(Cc1ccc(F)cc1F)C[C@H]1CC(c2ccc(N(C)C)cc2)=NO1. The lowest BCUT2D eigenvalue weighted by Crippen LogP contribution is -2.38. The summed E-state index contributed by atoms with van der Waals surface area (Å²) in [5, 5.41) is 4.21. The van der Waals surface area contributed by atoms with Crippen molar-refractivity contribution in [1.29, 1.82) is 0 Å². The number of rotatable bonds is 8. The Morgan fingerprint density at radius 3 is 2.48 bits per heavy atom. The molecule has 7 heteroatoms. The number of halogens is 2. The Hall–Kier alpha value is -2.96. The zero-order chi connectivity index (χ0) is 22.5. The van der Waals surface area contributed by atoms with E-state index >= 15 is 0 Å². The summed E-state index contributed by atoms with van der Waals surface area (Å²) in [6, 6.07) is 11.4. The summed E-state index contributed by atoms with van der Waals surface area (Å²) < 4.78 is 27.4. The monoisotopic (exact) mass is 429 g/mol. The normalized spacial score (nSPS) is 15.6. The molecule has 0 bridgehead atoms. The van der Waals surface area contributed by atoms with Crippen LogP contribution in [0.15, 0.2) is 47.6 Å². The van der Waals surface area contributed by atoms with E-state index in [9.17, 15) is 13.6 Å². The lowest BCUT2D eigenvalue weighted by Gasteiger charge is -2.26. The van der Waals surface area contributed by atoms with Gasteiger partial charge in [0.1, 0.15) is 11.6 Å². The summed E-state index contributed by atoms with van der Waals surface area (Å²) in [7, 11) is 3.96. The average molecular weight is 430 g/mol. The molecule has 1 amide bonds. The Bertz CT molecular complexity index is 942. The van der Waals surface area contributed by atoms with Gasteiger partial charge < -0.3 is 14.6 Å². The summed E-state index contributed by atoms with van der Waals surface area (Å²) in [5.74, 6) is -1.22. The molecular weight excluding hydrogens is 400 g/mol. The molecule has 0 N–H and O–H groups in total. The minimum atomic E-state index is -0.660. The quantitative estimate of drug-likeness (QED) is 0.616. The van der Waals surface area contributed by atoms with Gasteiger partial charge in [0.2, 0.25) is 5.91 Å². The van der Waals surface area contributed by atoms with Gasteiger partial charge in [0, 0.05) is 50.8 Å². The fraction of sp³-hybridized carbons (Fsp3) is 0.417. The molecule has 3 rings (SSSR count). The second-order valence-corrected chi connectivity index (χ2v) is 8.52. The van der Waals surface area contributed by atoms with Crippen molar-refractivity contribution >= 4 is 17.3 Å². The second-order valence-electron chi connectivity index (χ2n) is 8.52. The maximum atomic E-state index is 14.2. The third-order valence-electron chi connectivity index (χ3n) is 5.19. The lowest BCUT2D eigenvalue weighted by molar-refractivity contribution is -0.134. The number of nitrogens with zero attached hydrogens (tertiary/aromatic N) is 3. The molecule has 0 radical (unpaired) electrons. The molecule has 0 saturated carbocycles. The van der Waals surface area contributed by atoms with E-state index in [-0.39, 0.29) is 36.6 Å². The summed E-state index contributed by atoms with van der Waals surface area (Å²) >= 11 is 0. The highest BCUT2D eigenvalue weighted by Gasteiger charge is 2.27. The molecule has 2 aromatic rings. The first-order chi connectivity index (χ1) is 14.7. The molecule has 0 aromatic heterocycles. The maximum absolute atomic E-state index is 14.2. The van der Waals surface area contributed by atoms with Crippen molar-refractivity contribution in [2.24, 2.45) is 11.1 Å². The molecule has 1 heterocycles. The van der Waals surface area contributed by atoms with Gasteiger partial charge in [-0.3, -0.25) is 4.79 Å². The van der Waals surface area contributed by atoms with Gasteiger partial charge in [-0.25, -0.2) is 8.78 Å². The van der Waals surface area contributed by atoms with E-state index in [4.69, 9.17) is 4.84 Å². The van der Waals surface area contributed by atoms with Crippen LogP contribution in [0.4, 0.5) is 14.5 Å². The molecule has 1 aliphatic rings. The number of oxime groups is 1. The van der Waals surface area contributed by atoms with Crippen LogP contribution >= 0.6 is 0 Å².